The molecule has 1 fully saturated rings. The second kappa shape index (κ2) is 8.97. The number of aryl methyl sites for hydroxylation is 1. The molecule has 2 amide bonds. The molecule has 168 valence electrons. The quantitative estimate of drug-likeness (QED) is 0.441. The number of halogens is 1. The first-order valence-corrected chi connectivity index (χ1v) is 11.7. The average molecular weight is 481 g/mol. The van der Waals surface area contributed by atoms with Crippen molar-refractivity contribution < 1.29 is 14.3 Å². The molecule has 0 aliphatic carbocycles. The number of benzene rings is 2. The predicted octanol–water partition coefficient (Wildman–Crippen LogP) is 4.47. The molecule has 9 heteroatoms. The van der Waals surface area contributed by atoms with E-state index in [9.17, 15) is 9.59 Å². The van der Waals surface area contributed by atoms with Gasteiger partial charge in [-0.15, -0.1) is 11.3 Å². The molecule has 7 nitrogen and oxygen atoms in total. The smallest absolute Gasteiger partial charge is 0.253 e. The number of aromatic nitrogens is 2. The van der Waals surface area contributed by atoms with E-state index in [2.05, 4.69) is 15.3 Å². The summed E-state index contributed by atoms with van der Waals surface area (Å²) in [5, 5.41) is 5.69. The Balaban J connectivity index is 1.43. The lowest BCUT2D eigenvalue weighted by Crippen LogP contribution is -2.42. The minimum Gasteiger partial charge on any atom is -0.370 e. The number of hydrogen-bond donors (Lipinski definition) is 2. The van der Waals surface area contributed by atoms with Crippen LogP contribution in [0.4, 0.5) is 5.69 Å². The lowest BCUT2D eigenvalue weighted by molar-refractivity contribution is -0.125. The molecular formula is C24H21ClN4O3S. The van der Waals surface area contributed by atoms with E-state index in [0.717, 1.165) is 27.2 Å². The van der Waals surface area contributed by atoms with Crippen molar-refractivity contribution in [1.82, 2.24) is 15.3 Å². The molecule has 0 radical (unpaired) electrons. The molecule has 0 bridgehead atoms. The summed E-state index contributed by atoms with van der Waals surface area (Å²) in [6.07, 6.45) is 0. The first kappa shape index (κ1) is 21.6. The van der Waals surface area contributed by atoms with E-state index < -0.39 is 6.04 Å². The van der Waals surface area contributed by atoms with Gasteiger partial charge in [0.1, 0.15) is 18.5 Å². The molecule has 4 aromatic rings. The summed E-state index contributed by atoms with van der Waals surface area (Å²) in [5.74, 6) is 0.328. The zero-order valence-electron chi connectivity index (χ0n) is 17.8. The van der Waals surface area contributed by atoms with Gasteiger partial charge >= 0.3 is 0 Å². The minimum absolute atomic E-state index is 0.0763. The number of H-pyrrole nitrogens is 1. The molecule has 1 atom stereocenters. The number of nitrogens with zero attached hydrogens (tertiary/aromatic N) is 2. The molecule has 33 heavy (non-hydrogen) atoms. The average Bonchev–Trinajstić information content (AvgIpc) is 3.47. The second-order valence-corrected chi connectivity index (χ2v) is 9.22. The number of rotatable bonds is 5. The monoisotopic (exact) mass is 480 g/mol. The first-order chi connectivity index (χ1) is 16.0. The van der Waals surface area contributed by atoms with Crippen LogP contribution in [0, 0.1) is 6.92 Å². The Hall–Kier alpha value is -3.20. The molecule has 2 N–H and O–H groups in total. The van der Waals surface area contributed by atoms with Gasteiger partial charge in [-0.2, -0.15) is 0 Å². The lowest BCUT2D eigenvalue weighted by Gasteiger charge is -2.28. The molecule has 0 unspecified atom stereocenters. The molecule has 3 heterocycles. The van der Waals surface area contributed by atoms with E-state index in [1.807, 2.05) is 42.6 Å². The number of imidazole rings is 1. The number of fused-ring (bicyclic) bond motifs is 1. The van der Waals surface area contributed by atoms with Crippen molar-refractivity contribution in [1.29, 1.82) is 0 Å². The van der Waals surface area contributed by atoms with Gasteiger partial charge in [0.2, 0.25) is 0 Å². The maximum Gasteiger partial charge on any atom is 0.253 e. The van der Waals surface area contributed by atoms with Crippen molar-refractivity contribution in [2.75, 3.05) is 24.7 Å². The maximum absolute atomic E-state index is 13.2. The van der Waals surface area contributed by atoms with Crippen molar-refractivity contribution in [2.45, 2.75) is 13.0 Å². The number of carbonyl (C=O) groups excluding carboxylic acids is 2. The topological polar surface area (TPSA) is 87.3 Å². The summed E-state index contributed by atoms with van der Waals surface area (Å²) in [6, 6.07) is 14.3. The molecule has 0 saturated carbocycles. The highest BCUT2D eigenvalue weighted by Crippen LogP contribution is 2.28. The van der Waals surface area contributed by atoms with Crippen molar-refractivity contribution in [3.05, 3.63) is 80.8 Å². The number of aromatic amines is 1. The van der Waals surface area contributed by atoms with Crippen LogP contribution in [0.2, 0.25) is 5.02 Å². The van der Waals surface area contributed by atoms with Gasteiger partial charge in [0.05, 0.1) is 17.6 Å². The normalized spacial score (nSPS) is 15.1. The Bertz CT molecular complexity index is 1330. The van der Waals surface area contributed by atoms with Gasteiger partial charge in [-0.1, -0.05) is 17.7 Å². The Kier molecular flexibility index (Phi) is 5.88. The zero-order valence-corrected chi connectivity index (χ0v) is 19.4. The van der Waals surface area contributed by atoms with Crippen LogP contribution in [-0.4, -0.2) is 41.5 Å². The predicted molar refractivity (Wildman–Crippen MR) is 129 cm³/mol. The Morgan fingerprint density at radius 1 is 1.27 bits per heavy atom. The fourth-order valence-corrected chi connectivity index (χ4v) is 4.90. The van der Waals surface area contributed by atoms with Crippen LogP contribution in [0.25, 0.3) is 11.0 Å². The van der Waals surface area contributed by atoms with Crippen LogP contribution in [0.1, 0.15) is 32.7 Å². The van der Waals surface area contributed by atoms with E-state index in [1.54, 1.807) is 34.4 Å². The van der Waals surface area contributed by atoms with Crippen LogP contribution in [0.15, 0.2) is 53.9 Å². The molecule has 5 rings (SSSR count). The summed E-state index contributed by atoms with van der Waals surface area (Å²) in [5.41, 5.74) is 3.75. The van der Waals surface area contributed by atoms with Crippen LogP contribution < -0.4 is 10.2 Å². The van der Waals surface area contributed by atoms with Crippen LogP contribution >= 0.6 is 22.9 Å². The van der Waals surface area contributed by atoms with Crippen molar-refractivity contribution in [2.24, 2.45) is 0 Å². The van der Waals surface area contributed by atoms with Gasteiger partial charge in [-0.25, -0.2) is 4.98 Å². The lowest BCUT2D eigenvalue weighted by atomic mass is 10.1. The number of carbonyl (C=O) groups is 2. The zero-order chi connectivity index (χ0) is 22.9. The van der Waals surface area contributed by atoms with Crippen LogP contribution in [-0.2, 0) is 9.53 Å². The largest absolute Gasteiger partial charge is 0.370 e. The summed E-state index contributed by atoms with van der Waals surface area (Å²) in [6.45, 7) is 2.97. The van der Waals surface area contributed by atoms with Gasteiger partial charge in [0.15, 0.2) is 0 Å². The molecule has 2 aromatic heterocycles. The van der Waals surface area contributed by atoms with E-state index >= 15 is 0 Å². The van der Waals surface area contributed by atoms with E-state index in [4.69, 9.17) is 16.3 Å². The third kappa shape index (κ3) is 4.37. The number of morpholine rings is 1. The number of nitrogens with one attached hydrogen (secondary N) is 2. The number of hydrogen-bond acceptors (Lipinski definition) is 5. The summed E-state index contributed by atoms with van der Waals surface area (Å²) < 4.78 is 5.21. The van der Waals surface area contributed by atoms with Gasteiger partial charge in [0.25, 0.3) is 11.8 Å². The Morgan fingerprint density at radius 3 is 2.91 bits per heavy atom. The molecule has 1 saturated heterocycles. The number of ether oxygens (including phenoxy) is 1. The van der Waals surface area contributed by atoms with E-state index in [1.165, 1.54) is 0 Å². The second-order valence-electron chi connectivity index (χ2n) is 7.80. The summed E-state index contributed by atoms with van der Waals surface area (Å²) in [4.78, 5) is 36.1. The van der Waals surface area contributed by atoms with Gasteiger partial charge in [0, 0.05) is 27.7 Å². The number of anilines is 1. The number of amides is 2. The maximum atomic E-state index is 13.2. The standard InChI is InChI=1S/C24H21ClN4O3S/c1-14-11-15(4-7-19(14)29-8-9-32-13-21(29)30)24(31)28-22(20-3-2-10-33-20)23-26-17-6-5-16(25)12-18(17)27-23/h2-7,10-12,22H,8-9,13H2,1H3,(H,26,27)(H,28,31)/t22-/m0/s1. The van der Waals surface area contributed by atoms with Crippen molar-refractivity contribution in [3.63, 3.8) is 0 Å². The van der Waals surface area contributed by atoms with Gasteiger partial charge in [-0.3, -0.25) is 9.59 Å². The Morgan fingerprint density at radius 2 is 2.15 bits per heavy atom. The SMILES string of the molecule is Cc1cc(C(=O)N[C@H](c2nc3ccc(Cl)cc3[nH]2)c2cccs2)ccc1N1CCOCC1=O. The molecular weight excluding hydrogens is 460 g/mol. The fraction of sp³-hybridized carbons (Fsp3) is 0.208. The Labute approximate surface area is 199 Å². The number of thiophene rings is 1. The van der Waals surface area contributed by atoms with Crippen molar-refractivity contribution >= 4 is 51.5 Å². The van der Waals surface area contributed by atoms with Gasteiger partial charge < -0.3 is 19.9 Å². The highest BCUT2D eigenvalue weighted by atomic mass is 35.5. The van der Waals surface area contributed by atoms with Crippen LogP contribution in [0.3, 0.4) is 0 Å². The van der Waals surface area contributed by atoms with Crippen molar-refractivity contribution in [3.8, 4) is 0 Å². The molecule has 1 aliphatic heterocycles. The summed E-state index contributed by atoms with van der Waals surface area (Å²) in [7, 11) is 0. The van der Waals surface area contributed by atoms with E-state index in [-0.39, 0.29) is 18.4 Å². The molecule has 2 aromatic carbocycles. The molecule has 0 spiro atoms. The molecule has 1 aliphatic rings. The third-order valence-corrected chi connectivity index (χ3v) is 6.75. The van der Waals surface area contributed by atoms with E-state index in [0.29, 0.717) is 29.6 Å². The third-order valence-electron chi connectivity index (χ3n) is 5.57. The van der Waals surface area contributed by atoms with Gasteiger partial charge in [-0.05, 0) is 60.3 Å². The fourth-order valence-electron chi connectivity index (χ4n) is 3.95. The highest BCUT2D eigenvalue weighted by Gasteiger charge is 2.24. The first-order valence-electron chi connectivity index (χ1n) is 10.5. The summed E-state index contributed by atoms with van der Waals surface area (Å²) >= 11 is 7.66. The van der Waals surface area contributed by atoms with Crippen LogP contribution in [0.5, 0.6) is 0 Å². The highest BCUT2D eigenvalue weighted by molar-refractivity contribution is 7.10. The minimum atomic E-state index is -0.440.